The number of hydrogen-bond acceptors (Lipinski definition) is 1. The normalized spacial score (nSPS) is 10.7. The van der Waals surface area contributed by atoms with Crippen LogP contribution in [0.2, 0.25) is 0 Å². The molecular weight excluding hydrogens is 230 g/mol. The van der Waals surface area contributed by atoms with Crippen molar-refractivity contribution in [1.29, 1.82) is 0 Å². The molecule has 1 heteroatoms. The van der Waals surface area contributed by atoms with Crippen molar-refractivity contribution in [2.75, 3.05) is 7.05 Å². The van der Waals surface area contributed by atoms with Gasteiger partial charge in [-0.3, -0.25) is 0 Å². The molecule has 0 spiro atoms. The molecule has 0 aliphatic heterocycles. The van der Waals surface area contributed by atoms with Crippen LogP contribution in [0.5, 0.6) is 0 Å². The highest BCUT2D eigenvalue weighted by molar-refractivity contribution is 5.30. The van der Waals surface area contributed by atoms with Crippen molar-refractivity contribution >= 4 is 0 Å². The number of likely N-dealkylation sites (N-methyl/N-ethyl adjacent to an activating group) is 1. The molecule has 0 aromatic heterocycles. The first-order valence-electron chi connectivity index (χ1n) is 7.80. The standard InChI is InChI=1S/C13H23N.C3H8.C2H6/c1-6-8-11(3)9-10-13(7-2)12(4)14-5;1-3-2;1-2/h9-10,14H,4,6-8H2,1-3,5H3;3H2,1-2H3;1-2H3/b11-9+,13-10-;;. The van der Waals surface area contributed by atoms with E-state index in [0.29, 0.717) is 0 Å². The smallest absolute Gasteiger partial charge is 0.0296 e. The van der Waals surface area contributed by atoms with E-state index in [0.717, 1.165) is 12.1 Å². The Hall–Kier alpha value is -0.980. The minimum absolute atomic E-state index is 1.02. The van der Waals surface area contributed by atoms with Crippen LogP contribution in [0.1, 0.15) is 74.1 Å². The fourth-order valence-corrected chi connectivity index (χ4v) is 1.31. The minimum Gasteiger partial charge on any atom is -0.388 e. The summed E-state index contributed by atoms with van der Waals surface area (Å²) in [4.78, 5) is 0. The van der Waals surface area contributed by atoms with Crippen LogP contribution in [-0.4, -0.2) is 7.05 Å². The highest BCUT2D eigenvalue weighted by atomic mass is 14.8. The van der Waals surface area contributed by atoms with Crippen molar-refractivity contribution in [3.63, 3.8) is 0 Å². The van der Waals surface area contributed by atoms with Gasteiger partial charge in [-0.1, -0.05) is 78.7 Å². The van der Waals surface area contributed by atoms with E-state index in [1.807, 2.05) is 20.9 Å². The number of rotatable bonds is 6. The lowest BCUT2D eigenvalue weighted by Gasteiger charge is -2.06. The Labute approximate surface area is 122 Å². The van der Waals surface area contributed by atoms with Gasteiger partial charge in [0.2, 0.25) is 0 Å². The molecule has 0 unspecified atom stereocenters. The molecular formula is C18H37N. The lowest BCUT2D eigenvalue weighted by atomic mass is 10.1. The third-order valence-electron chi connectivity index (χ3n) is 2.28. The molecule has 0 aliphatic rings. The third-order valence-corrected chi connectivity index (χ3v) is 2.28. The topological polar surface area (TPSA) is 12.0 Å². The average molecular weight is 268 g/mol. The first-order chi connectivity index (χ1) is 9.06. The molecule has 0 bridgehead atoms. The fraction of sp³-hybridized carbons (Fsp3) is 0.667. The average Bonchev–Trinajstić information content (AvgIpc) is 2.42. The van der Waals surface area contributed by atoms with Gasteiger partial charge in [-0.15, -0.1) is 0 Å². The van der Waals surface area contributed by atoms with Gasteiger partial charge in [-0.05, 0) is 25.3 Å². The zero-order valence-electron chi connectivity index (χ0n) is 14.7. The van der Waals surface area contributed by atoms with Gasteiger partial charge in [0.05, 0.1) is 0 Å². The van der Waals surface area contributed by atoms with E-state index in [-0.39, 0.29) is 0 Å². The second-order valence-electron chi connectivity index (χ2n) is 4.24. The molecule has 0 fully saturated rings. The van der Waals surface area contributed by atoms with Crippen LogP contribution in [0.25, 0.3) is 0 Å². The SMILES string of the molecule is C=C(NC)/C(=C\C=C(/C)CCC)CC.CC.CCC. The molecule has 19 heavy (non-hydrogen) atoms. The van der Waals surface area contributed by atoms with Gasteiger partial charge in [-0.2, -0.15) is 0 Å². The maximum Gasteiger partial charge on any atom is 0.0296 e. The Morgan fingerprint density at radius 1 is 1.05 bits per heavy atom. The molecule has 1 N–H and O–H groups in total. The summed E-state index contributed by atoms with van der Waals surface area (Å²) in [5.74, 6) is 0. The Kier molecular flexibility index (Phi) is 23.6. The lowest BCUT2D eigenvalue weighted by Crippen LogP contribution is -2.06. The quantitative estimate of drug-likeness (QED) is 0.561. The van der Waals surface area contributed by atoms with E-state index in [1.54, 1.807) is 0 Å². The van der Waals surface area contributed by atoms with Gasteiger partial charge < -0.3 is 5.32 Å². The van der Waals surface area contributed by atoms with Crippen molar-refractivity contribution in [3.05, 3.63) is 35.6 Å². The molecule has 0 rings (SSSR count). The highest BCUT2D eigenvalue weighted by Gasteiger charge is 1.95. The minimum atomic E-state index is 1.02. The van der Waals surface area contributed by atoms with Crippen molar-refractivity contribution in [1.82, 2.24) is 5.32 Å². The van der Waals surface area contributed by atoms with Crippen molar-refractivity contribution in [2.24, 2.45) is 0 Å². The Morgan fingerprint density at radius 2 is 1.53 bits per heavy atom. The van der Waals surface area contributed by atoms with E-state index in [2.05, 4.69) is 58.7 Å². The van der Waals surface area contributed by atoms with Crippen molar-refractivity contribution < 1.29 is 0 Å². The lowest BCUT2D eigenvalue weighted by molar-refractivity contribution is 0.904. The van der Waals surface area contributed by atoms with Gasteiger partial charge in [-0.25, -0.2) is 0 Å². The zero-order valence-corrected chi connectivity index (χ0v) is 14.7. The van der Waals surface area contributed by atoms with E-state index in [9.17, 15) is 0 Å². The van der Waals surface area contributed by atoms with E-state index >= 15 is 0 Å². The summed E-state index contributed by atoms with van der Waals surface area (Å²) in [6, 6.07) is 0. The van der Waals surface area contributed by atoms with Gasteiger partial charge in [0.1, 0.15) is 0 Å². The number of allylic oxidation sites excluding steroid dienone is 4. The third kappa shape index (κ3) is 17.0. The second-order valence-corrected chi connectivity index (χ2v) is 4.24. The van der Waals surface area contributed by atoms with Crippen LogP contribution in [0.15, 0.2) is 35.6 Å². The van der Waals surface area contributed by atoms with Crippen LogP contribution in [0.3, 0.4) is 0 Å². The maximum absolute atomic E-state index is 3.96. The predicted octanol–water partition coefficient (Wildman–Crippen LogP) is 6.24. The summed E-state index contributed by atoms with van der Waals surface area (Å²) < 4.78 is 0. The molecule has 0 radical (unpaired) electrons. The van der Waals surface area contributed by atoms with Gasteiger partial charge in [0, 0.05) is 12.7 Å². The van der Waals surface area contributed by atoms with E-state index in [4.69, 9.17) is 0 Å². The monoisotopic (exact) mass is 267 g/mol. The molecule has 1 nitrogen and oxygen atoms in total. The largest absolute Gasteiger partial charge is 0.388 e. The summed E-state index contributed by atoms with van der Waals surface area (Å²) in [6.07, 6.45) is 9.04. The second kappa shape index (κ2) is 19.4. The molecule has 0 aromatic carbocycles. The summed E-state index contributed by atoms with van der Waals surface area (Å²) in [5, 5.41) is 3.08. The molecule has 0 atom stereocenters. The molecule has 0 amide bonds. The van der Waals surface area contributed by atoms with Crippen LogP contribution in [0, 0.1) is 0 Å². The van der Waals surface area contributed by atoms with E-state index < -0.39 is 0 Å². The highest BCUT2D eigenvalue weighted by Crippen LogP contribution is 2.11. The van der Waals surface area contributed by atoms with Crippen molar-refractivity contribution in [3.8, 4) is 0 Å². The summed E-state index contributed by atoms with van der Waals surface area (Å²) in [5.41, 5.74) is 3.73. The predicted molar refractivity (Wildman–Crippen MR) is 92.6 cm³/mol. The summed E-state index contributed by atoms with van der Waals surface area (Å²) in [7, 11) is 1.91. The van der Waals surface area contributed by atoms with Crippen LogP contribution < -0.4 is 5.32 Å². The van der Waals surface area contributed by atoms with Crippen LogP contribution >= 0.6 is 0 Å². The summed E-state index contributed by atoms with van der Waals surface area (Å²) >= 11 is 0. The molecule has 0 aromatic rings. The van der Waals surface area contributed by atoms with E-state index in [1.165, 1.54) is 30.4 Å². The number of hydrogen-bond donors (Lipinski definition) is 1. The Balaban J connectivity index is -0.000000445. The Morgan fingerprint density at radius 3 is 1.84 bits per heavy atom. The number of nitrogens with one attached hydrogen (secondary N) is 1. The first kappa shape index (κ1) is 23.1. The summed E-state index contributed by atoms with van der Waals surface area (Å²) in [6.45, 7) is 18.7. The zero-order chi connectivity index (χ0) is 15.7. The van der Waals surface area contributed by atoms with Gasteiger partial charge >= 0.3 is 0 Å². The van der Waals surface area contributed by atoms with Crippen LogP contribution in [0.4, 0.5) is 0 Å². The van der Waals surface area contributed by atoms with Gasteiger partial charge in [0.15, 0.2) is 0 Å². The molecule has 0 heterocycles. The molecule has 114 valence electrons. The van der Waals surface area contributed by atoms with Gasteiger partial charge in [0.25, 0.3) is 0 Å². The molecule has 0 aliphatic carbocycles. The molecule has 0 saturated carbocycles. The fourth-order valence-electron chi connectivity index (χ4n) is 1.31. The maximum atomic E-state index is 3.96. The molecule has 0 saturated heterocycles. The Bertz CT molecular complexity index is 246. The van der Waals surface area contributed by atoms with Crippen molar-refractivity contribution in [2.45, 2.75) is 74.1 Å². The first-order valence-corrected chi connectivity index (χ1v) is 7.80. The van der Waals surface area contributed by atoms with Crippen LogP contribution in [-0.2, 0) is 0 Å².